The lowest BCUT2D eigenvalue weighted by molar-refractivity contribution is -0.125. The van der Waals surface area contributed by atoms with E-state index in [2.05, 4.69) is 10.6 Å². The number of ether oxygens (including phenoxy) is 2. The Balaban J connectivity index is 1.53. The van der Waals surface area contributed by atoms with E-state index in [1.54, 1.807) is 30.3 Å². The van der Waals surface area contributed by atoms with E-state index in [1.807, 2.05) is 0 Å². The molecule has 190 valence electrons. The summed E-state index contributed by atoms with van der Waals surface area (Å²) in [6.07, 6.45) is -0.875. The zero-order valence-corrected chi connectivity index (χ0v) is 20.2. The number of amides is 4. The molecule has 0 radical (unpaired) electrons. The van der Waals surface area contributed by atoms with Gasteiger partial charge in [-0.2, -0.15) is 0 Å². The summed E-state index contributed by atoms with van der Waals surface area (Å²) in [4.78, 5) is 53.4. The molecule has 2 heterocycles. The van der Waals surface area contributed by atoms with Crippen molar-refractivity contribution in [2.75, 3.05) is 48.9 Å². The number of urea groups is 1. The number of rotatable bonds is 5. The van der Waals surface area contributed by atoms with Crippen molar-refractivity contribution in [2.45, 2.75) is 18.6 Å². The van der Waals surface area contributed by atoms with Crippen LogP contribution in [0.4, 0.5) is 21.9 Å². The van der Waals surface area contributed by atoms with Gasteiger partial charge in [0.1, 0.15) is 12.6 Å². The Hall–Kier alpha value is -3.67. The number of esters is 1. The highest BCUT2D eigenvalue weighted by atomic mass is 35.5. The molecule has 2 aliphatic heterocycles. The molecule has 2 aromatic rings. The Morgan fingerprint density at radius 2 is 1.89 bits per heavy atom. The summed E-state index contributed by atoms with van der Waals surface area (Å²) in [5, 5.41) is 16.0. The van der Waals surface area contributed by atoms with Crippen molar-refractivity contribution in [3.63, 3.8) is 0 Å². The average molecular weight is 517 g/mol. The number of hydrogen-bond acceptors (Lipinski definition) is 7. The highest BCUT2D eigenvalue weighted by molar-refractivity contribution is 6.30. The van der Waals surface area contributed by atoms with E-state index in [0.717, 1.165) is 0 Å². The van der Waals surface area contributed by atoms with Crippen molar-refractivity contribution >= 4 is 52.5 Å². The van der Waals surface area contributed by atoms with Gasteiger partial charge in [0, 0.05) is 35.9 Å². The number of aliphatic hydroxyl groups is 1. The minimum Gasteiger partial charge on any atom is -0.465 e. The summed E-state index contributed by atoms with van der Waals surface area (Å²) in [7, 11) is 1.21. The topological polar surface area (TPSA) is 138 Å². The van der Waals surface area contributed by atoms with Gasteiger partial charge in [0.15, 0.2) is 0 Å². The Bertz CT molecular complexity index is 1170. The Morgan fingerprint density at radius 3 is 2.58 bits per heavy atom. The van der Waals surface area contributed by atoms with E-state index in [4.69, 9.17) is 21.1 Å². The van der Waals surface area contributed by atoms with Crippen LogP contribution >= 0.6 is 11.6 Å². The lowest BCUT2D eigenvalue weighted by Gasteiger charge is -2.28. The van der Waals surface area contributed by atoms with E-state index in [9.17, 15) is 24.3 Å². The van der Waals surface area contributed by atoms with Crippen LogP contribution in [0.3, 0.4) is 0 Å². The Morgan fingerprint density at radius 1 is 1.14 bits per heavy atom. The SMILES string of the molecule is COC(=O)c1cc(N2CCOCC2=O)ccc1NC(=O)[C@H]1C[C@@H](O)CN1C(=O)Nc1ccc(Cl)cc1. The molecule has 4 amide bonds. The van der Waals surface area contributed by atoms with Crippen molar-refractivity contribution in [1.82, 2.24) is 4.90 Å². The molecule has 0 unspecified atom stereocenters. The average Bonchev–Trinajstić information content (AvgIpc) is 3.27. The number of halogens is 1. The maximum atomic E-state index is 13.2. The molecule has 36 heavy (non-hydrogen) atoms. The fourth-order valence-electron chi connectivity index (χ4n) is 4.11. The number of carbonyl (C=O) groups excluding carboxylic acids is 4. The van der Waals surface area contributed by atoms with Crippen molar-refractivity contribution < 1.29 is 33.8 Å². The first-order valence-corrected chi connectivity index (χ1v) is 11.6. The van der Waals surface area contributed by atoms with Gasteiger partial charge in [-0.1, -0.05) is 11.6 Å². The third-order valence-electron chi connectivity index (χ3n) is 5.90. The van der Waals surface area contributed by atoms with Crippen LogP contribution in [0, 0.1) is 0 Å². The second-order valence-corrected chi connectivity index (χ2v) is 8.74. The summed E-state index contributed by atoms with van der Waals surface area (Å²) in [5.41, 5.74) is 1.13. The van der Waals surface area contributed by atoms with E-state index < -0.39 is 30.1 Å². The maximum Gasteiger partial charge on any atom is 0.340 e. The van der Waals surface area contributed by atoms with E-state index in [-0.39, 0.29) is 36.7 Å². The van der Waals surface area contributed by atoms with Gasteiger partial charge in [-0.25, -0.2) is 9.59 Å². The summed E-state index contributed by atoms with van der Waals surface area (Å²) in [6, 6.07) is 9.45. The molecule has 0 aliphatic carbocycles. The van der Waals surface area contributed by atoms with Crippen LogP contribution in [0.1, 0.15) is 16.8 Å². The first-order chi connectivity index (χ1) is 17.3. The highest BCUT2D eigenvalue weighted by Crippen LogP contribution is 2.27. The molecule has 11 nitrogen and oxygen atoms in total. The Labute approximate surface area is 211 Å². The third kappa shape index (κ3) is 5.59. The van der Waals surface area contributed by atoms with Crippen LogP contribution < -0.4 is 15.5 Å². The monoisotopic (exact) mass is 516 g/mol. The molecule has 2 aromatic carbocycles. The number of morpholine rings is 1. The highest BCUT2D eigenvalue weighted by Gasteiger charge is 2.39. The van der Waals surface area contributed by atoms with Crippen molar-refractivity contribution in [2.24, 2.45) is 0 Å². The van der Waals surface area contributed by atoms with Crippen LogP contribution in [0.5, 0.6) is 0 Å². The summed E-state index contributed by atoms with van der Waals surface area (Å²) in [5.74, 6) is -1.55. The molecule has 2 atom stereocenters. The number of nitrogens with one attached hydrogen (secondary N) is 2. The minimum absolute atomic E-state index is 0.0216. The van der Waals surface area contributed by atoms with Crippen molar-refractivity contribution in [3.8, 4) is 0 Å². The molecule has 0 spiro atoms. The Kier molecular flexibility index (Phi) is 7.73. The second-order valence-electron chi connectivity index (χ2n) is 8.30. The number of anilines is 3. The molecule has 2 saturated heterocycles. The molecule has 12 heteroatoms. The minimum atomic E-state index is -0.988. The van der Waals surface area contributed by atoms with Crippen LogP contribution in [-0.2, 0) is 19.1 Å². The number of aliphatic hydroxyl groups excluding tert-OH is 1. The fourth-order valence-corrected chi connectivity index (χ4v) is 4.24. The molecular formula is C24H25ClN4O7. The molecule has 0 aromatic heterocycles. The normalized spacial score (nSPS) is 19.7. The summed E-state index contributed by atoms with van der Waals surface area (Å²) in [6.45, 7) is 0.571. The van der Waals surface area contributed by atoms with E-state index >= 15 is 0 Å². The molecule has 2 fully saturated rings. The number of methoxy groups -OCH3 is 1. The number of β-amino-alcohol motifs (C(OH)–C–C–N with tert-alkyl or cyclic N) is 1. The predicted octanol–water partition coefficient (Wildman–Crippen LogP) is 2.10. The maximum absolute atomic E-state index is 13.2. The number of hydrogen-bond donors (Lipinski definition) is 3. The van der Waals surface area contributed by atoms with Crippen LogP contribution in [0.15, 0.2) is 42.5 Å². The number of likely N-dealkylation sites (tertiary alicyclic amines) is 1. The van der Waals surface area contributed by atoms with Crippen molar-refractivity contribution in [1.29, 1.82) is 0 Å². The smallest absolute Gasteiger partial charge is 0.340 e. The van der Waals surface area contributed by atoms with Crippen molar-refractivity contribution in [3.05, 3.63) is 53.1 Å². The quantitative estimate of drug-likeness (QED) is 0.517. The van der Waals surface area contributed by atoms with Gasteiger partial charge in [-0.3, -0.25) is 9.59 Å². The molecular weight excluding hydrogens is 492 g/mol. The zero-order valence-electron chi connectivity index (χ0n) is 19.4. The van der Waals surface area contributed by atoms with Gasteiger partial charge in [-0.15, -0.1) is 0 Å². The van der Waals surface area contributed by atoms with Gasteiger partial charge in [0.25, 0.3) is 5.91 Å². The summed E-state index contributed by atoms with van der Waals surface area (Å²) < 4.78 is 10.0. The number of benzene rings is 2. The molecule has 0 saturated carbocycles. The lowest BCUT2D eigenvalue weighted by Crippen LogP contribution is -2.45. The number of carbonyl (C=O) groups is 4. The number of nitrogens with zero attached hydrogens (tertiary/aromatic N) is 2. The van der Waals surface area contributed by atoms with Gasteiger partial charge in [0.2, 0.25) is 5.91 Å². The second kappa shape index (κ2) is 10.9. The van der Waals surface area contributed by atoms with Gasteiger partial charge >= 0.3 is 12.0 Å². The standard InChI is InChI=1S/C24H25ClN4O7/c1-35-23(33)18-10-16(28-8-9-36-13-21(28)31)6-7-19(18)27-22(32)20-11-17(30)12-29(20)24(34)26-15-4-2-14(25)3-5-15/h2-7,10,17,20,30H,8-9,11-13H2,1H3,(H,26,34)(H,27,32)/t17-,20-/m1/s1. The van der Waals surface area contributed by atoms with Gasteiger partial charge < -0.3 is 35.0 Å². The first kappa shape index (κ1) is 25.4. The third-order valence-corrected chi connectivity index (χ3v) is 6.15. The van der Waals surface area contributed by atoms with Crippen LogP contribution in [-0.4, -0.2) is 79.4 Å². The van der Waals surface area contributed by atoms with Gasteiger partial charge in [-0.05, 0) is 42.5 Å². The lowest BCUT2D eigenvalue weighted by atomic mass is 10.1. The summed E-state index contributed by atoms with van der Waals surface area (Å²) >= 11 is 5.88. The molecule has 4 rings (SSSR count). The molecule has 3 N–H and O–H groups in total. The van der Waals surface area contributed by atoms with E-state index in [1.165, 1.54) is 29.0 Å². The molecule has 0 bridgehead atoms. The zero-order chi connectivity index (χ0) is 25.8. The fraction of sp³-hybridized carbons (Fsp3) is 0.333. The largest absolute Gasteiger partial charge is 0.465 e. The molecule has 2 aliphatic rings. The first-order valence-electron chi connectivity index (χ1n) is 11.2. The van der Waals surface area contributed by atoms with Gasteiger partial charge in [0.05, 0.1) is 31.1 Å². The van der Waals surface area contributed by atoms with Crippen LogP contribution in [0.2, 0.25) is 5.02 Å². The predicted molar refractivity (Wildman–Crippen MR) is 131 cm³/mol. The van der Waals surface area contributed by atoms with Crippen LogP contribution in [0.25, 0.3) is 0 Å². The van der Waals surface area contributed by atoms with E-state index in [0.29, 0.717) is 29.5 Å².